The molecule has 0 saturated heterocycles. The summed E-state index contributed by atoms with van der Waals surface area (Å²) in [5.41, 5.74) is -0.860. The first kappa shape index (κ1) is 15.2. The Morgan fingerprint density at radius 3 is 1.56 bits per heavy atom. The summed E-state index contributed by atoms with van der Waals surface area (Å²) in [6.07, 6.45) is 0. The van der Waals surface area contributed by atoms with Crippen LogP contribution in [0.3, 0.4) is 0 Å². The predicted molar refractivity (Wildman–Crippen MR) is 65.0 cm³/mol. The van der Waals surface area contributed by atoms with Crippen LogP contribution in [0.2, 0.25) is 0 Å². The summed E-state index contributed by atoms with van der Waals surface area (Å²) in [5.74, 6) is 0. The second kappa shape index (κ2) is 5.00. The van der Waals surface area contributed by atoms with Gasteiger partial charge in [0.05, 0.1) is 9.85 Å². The van der Waals surface area contributed by atoms with E-state index in [0.717, 1.165) is 12.1 Å². The van der Waals surface area contributed by atoms with Crippen molar-refractivity contribution in [1.82, 2.24) is 4.98 Å². The molecule has 0 aliphatic carbocycles. The van der Waals surface area contributed by atoms with Crippen molar-refractivity contribution in [3.05, 3.63) is 49.8 Å². The second-order valence-corrected chi connectivity index (χ2v) is 5.58. The van der Waals surface area contributed by atoms with Gasteiger partial charge in [-0.25, -0.2) is 4.98 Å². The third-order valence-electron chi connectivity index (χ3n) is 1.82. The highest BCUT2D eigenvalue weighted by Gasteiger charge is 2.46. The van der Waals surface area contributed by atoms with Crippen LogP contribution in [0.15, 0.2) is 18.2 Å². The van der Waals surface area contributed by atoms with Gasteiger partial charge in [-0.2, -0.15) is 0 Å². The summed E-state index contributed by atoms with van der Waals surface area (Å²) >= 11 is 21.8. The first-order valence-corrected chi connectivity index (χ1v) is 5.64. The van der Waals surface area contributed by atoms with E-state index in [9.17, 15) is 20.2 Å². The Balaban J connectivity index is 3.31. The largest absolute Gasteiger partial charge is 0.413 e. The average molecular weight is 335 g/mol. The minimum atomic E-state index is -2.55. The van der Waals surface area contributed by atoms with Crippen molar-refractivity contribution in [1.29, 1.82) is 0 Å². The van der Waals surface area contributed by atoms with Gasteiger partial charge in [0.1, 0.15) is 0 Å². The maximum atomic E-state index is 10.6. The summed E-state index contributed by atoms with van der Waals surface area (Å²) in [6.45, 7) is 0. The molecule has 0 aromatic carbocycles. The summed E-state index contributed by atoms with van der Waals surface area (Å²) in [5, 5.41) is 21.2. The van der Waals surface area contributed by atoms with Crippen LogP contribution in [0.4, 0.5) is 0 Å². The molecule has 0 saturated carbocycles. The molecule has 0 unspecified atom stereocenters. The van der Waals surface area contributed by atoms with Crippen LogP contribution in [0, 0.1) is 20.2 Å². The number of pyridine rings is 1. The molecule has 7 nitrogen and oxygen atoms in total. The van der Waals surface area contributed by atoms with E-state index in [1.807, 2.05) is 0 Å². The van der Waals surface area contributed by atoms with Gasteiger partial charge in [0.25, 0.3) is 0 Å². The van der Waals surface area contributed by atoms with E-state index in [-0.39, 0.29) is 0 Å². The van der Waals surface area contributed by atoms with Gasteiger partial charge in [0.15, 0.2) is 11.4 Å². The fourth-order valence-electron chi connectivity index (χ4n) is 0.957. The quantitative estimate of drug-likeness (QED) is 0.365. The SMILES string of the molecule is O=[N+]([O-])C(Cl)(Cl)c1cccc(C(Cl)(Cl)[N+](=O)[O-])n1. The number of hydrogen-bond donors (Lipinski definition) is 0. The van der Waals surface area contributed by atoms with Gasteiger partial charge in [-0.15, -0.1) is 0 Å². The van der Waals surface area contributed by atoms with Crippen LogP contribution in [0.25, 0.3) is 0 Å². The van der Waals surface area contributed by atoms with Gasteiger partial charge in [-0.3, -0.25) is 20.2 Å². The lowest BCUT2D eigenvalue weighted by molar-refractivity contribution is -0.526. The summed E-state index contributed by atoms with van der Waals surface area (Å²) in [4.78, 5) is 22.8. The molecule has 0 radical (unpaired) electrons. The number of halogens is 4. The maximum absolute atomic E-state index is 10.6. The molecular weight excluding hydrogens is 332 g/mol. The van der Waals surface area contributed by atoms with Crippen LogP contribution >= 0.6 is 46.4 Å². The van der Waals surface area contributed by atoms with Crippen molar-refractivity contribution in [2.75, 3.05) is 0 Å². The molecule has 0 amide bonds. The van der Waals surface area contributed by atoms with Crippen molar-refractivity contribution in [2.24, 2.45) is 0 Å². The van der Waals surface area contributed by atoms with Crippen molar-refractivity contribution in [3.8, 4) is 0 Å². The number of nitrogens with zero attached hydrogens (tertiary/aromatic N) is 3. The van der Waals surface area contributed by atoms with Gasteiger partial charge >= 0.3 is 8.91 Å². The molecule has 0 bridgehead atoms. The number of alkyl halides is 4. The molecule has 1 heterocycles. The van der Waals surface area contributed by atoms with E-state index >= 15 is 0 Å². The Bertz CT molecular complexity index is 466. The van der Waals surface area contributed by atoms with Crippen molar-refractivity contribution >= 4 is 46.4 Å². The Hall–Kier alpha value is -0.890. The van der Waals surface area contributed by atoms with Crippen LogP contribution in [-0.2, 0) is 8.91 Å². The predicted octanol–water partition coefficient (Wildman–Crippen LogP) is 2.81. The Morgan fingerprint density at radius 2 is 1.28 bits per heavy atom. The topological polar surface area (TPSA) is 99.2 Å². The number of hydrogen-bond acceptors (Lipinski definition) is 5. The van der Waals surface area contributed by atoms with Gasteiger partial charge in [0.2, 0.25) is 0 Å². The zero-order valence-corrected chi connectivity index (χ0v) is 11.2. The average Bonchev–Trinajstić information content (AvgIpc) is 2.28. The first-order chi connectivity index (χ1) is 8.10. The maximum Gasteiger partial charge on any atom is 0.413 e. The monoisotopic (exact) mass is 333 g/mol. The molecule has 18 heavy (non-hydrogen) atoms. The van der Waals surface area contributed by atoms with E-state index in [4.69, 9.17) is 46.4 Å². The smallest absolute Gasteiger partial charge is 0.261 e. The molecule has 0 fully saturated rings. The molecule has 0 N–H and O–H groups in total. The van der Waals surface area contributed by atoms with Crippen LogP contribution < -0.4 is 0 Å². The van der Waals surface area contributed by atoms with Crippen LogP contribution in [0.5, 0.6) is 0 Å². The van der Waals surface area contributed by atoms with Crippen molar-refractivity contribution in [2.45, 2.75) is 8.91 Å². The third kappa shape index (κ3) is 2.74. The van der Waals surface area contributed by atoms with Gasteiger partial charge in [-0.05, 0) is 58.5 Å². The number of rotatable bonds is 4. The first-order valence-electron chi connectivity index (χ1n) is 4.12. The minimum Gasteiger partial charge on any atom is -0.261 e. The molecule has 1 aromatic heterocycles. The van der Waals surface area contributed by atoms with Gasteiger partial charge in [0, 0.05) is 0 Å². The fraction of sp³-hybridized carbons (Fsp3) is 0.286. The molecule has 1 aromatic rings. The molecule has 11 heteroatoms. The summed E-state index contributed by atoms with van der Waals surface area (Å²) in [7, 11) is 0. The highest BCUT2D eigenvalue weighted by molar-refractivity contribution is 6.47. The number of nitro groups is 2. The zero-order valence-electron chi connectivity index (χ0n) is 8.22. The molecule has 0 atom stereocenters. The minimum absolute atomic E-state index is 0.430. The van der Waals surface area contributed by atoms with E-state index < -0.39 is 30.1 Å². The summed E-state index contributed by atoms with van der Waals surface area (Å²) in [6, 6.07) is 3.45. The highest BCUT2D eigenvalue weighted by Crippen LogP contribution is 2.37. The summed E-state index contributed by atoms with van der Waals surface area (Å²) < 4.78 is -5.09. The fourth-order valence-corrected chi connectivity index (χ4v) is 1.38. The molecule has 0 aliphatic heterocycles. The third-order valence-corrected chi connectivity index (χ3v) is 3.15. The van der Waals surface area contributed by atoms with E-state index in [1.54, 1.807) is 0 Å². The highest BCUT2D eigenvalue weighted by atomic mass is 35.5. The Morgan fingerprint density at radius 1 is 0.944 bits per heavy atom. The molecule has 0 aliphatic rings. The lowest BCUT2D eigenvalue weighted by atomic mass is 10.3. The Kier molecular flexibility index (Phi) is 4.22. The van der Waals surface area contributed by atoms with E-state index in [1.165, 1.54) is 6.07 Å². The van der Waals surface area contributed by atoms with Crippen LogP contribution in [-0.4, -0.2) is 14.8 Å². The van der Waals surface area contributed by atoms with Crippen LogP contribution in [0.1, 0.15) is 11.4 Å². The molecular formula is C7H3Cl4N3O4. The standard InChI is InChI=1S/C7H3Cl4N3O4/c8-6(9,13(15)16)4-2-1-3-5(12-4)7(10,11)14(17)18/h1-3H. The van der Waals surface area contributed by atoms with Gasteiger partial charge < -0.3 is 0 Å². The van der Waals surface area contributed by atoms with Crippen molar-refractivity contribution in [3.63, 3.8) is 0 Å². The van der Waals surface area contributed by atoms with E-state index in [2.05, 4.69) is 4.98 Å². The van der Waals surface area contributed by atoms with E-state index in [0.29, 0.717) is 0 Å². The Labute approximate surface area is 120 Å². The molecule has 1 rings (SSSR count). The number of aromatic nitrogens is 1. The second-order valence-electron chi connectivity index (χ2n) is 3.00. The zero-order chi connectivity index (χ0) is 14.1. The van der Waals surface area contributed by atoms with Gasteiger partial charge in [-0.1, -0.05) is 6.07 Å². The normalized spacial score (nSPS) is 12.2. The molecule has 0 spiro atoms. The molecule has 98 valence electrons. The lowest BCUT2D eigenvalue weighted by Crippen LogP contribution is -2.27. The van der Waals surface area contributed by atoms with Crippen molar-refractivity contribution < 1.29 is 9.85 Å². The lowest BCUT2D eigenvalue weighted by Gasteiger charge is -2.13.